The minimum Gasteiger partial charge on any atom is -0.381 e. The highest BCUT2D eigenvalue weighted by Gasteiger charge is 2.54. The first-order valence-corrected chi connectivity index (χ1v) is 12.1. The van der Waals surface area contributed by atoms with Crippen molar-refractivity contribution in [2.75, 3.05) is 44.1 Å². The number of hydrogen-bond acceptors (Lipinski definition) is 8. The van der Waals surface area contributed by atoms with Gasteiger partial charge in [0.1, 0.15) is 22.9 Å². The summed E-state index contributed by atoms with van der Waals surface area (Å²) < 4.78 is 14.1. The van der Waals surface area contributed by atoms with Crippen LogP contribution in [0.15, 0.2) is 29.3 Å². The second kappa shape index (κ2) is 8.81. The minimum absolute atomic E-state index is 0.0729. The van der Waals surface area contributed by atoms with E-state index in [2.05, 4.69) is 26.0 Å². The maximum atomic E-state index is 13.2. The Labute approximate surface area is 205 Å². The third kappa shape index (κ3) is 4.03. The van der Waals surface area contributed by atoms with Crippen LogP contribution in [-0.4, -0.2) is 64.6 Å². The third-order valence-corrected chi connectivity index (χ3v) is 7.23. The Balaban J connectivity index is 1.32. The molecule has 11 nitrogen and oxygen atoms in total. The van der Waals surface area contributed by atoms with Gasteiger partial charge in [0.15, 0.2) is 5.65 Å². The highest BCUT2D eigenvalue weighted by Crippen LogP contribution is 2.44. The lowest BCUT2D eigenvalue weighted by atomic mass is 10.1. The van der Waals surface area contributed by atoms with E-state index in [-0.39, 0.29) is 23.6 Å². The predicted octanol–water partition coefficient (Wildman–Crippen LogP) is 2.06. The Morgan fingerprint density at radius 1 is 1.20 bits per heavy atom. The molecule has 3 aromatic rings. The van der Waals surface area contributed by atoms with Gasteiger partial charge < -0.3 is 30.0 Å². The summed E-state index contributed by atoms with van der Waals surface area (Å²) in [6.45, 7) is 2.54. The van der Waals surface area contributed by atoms with E-state index in [9.17, 15) is 9.59 Å². The zero-order valence-corrected chi connectivity index (χ0v) is 19.9. The van der Waals surface area contributed by atoms with Gasteiger partial charge in [-0.05, 0) is 18.9 Å². The molecule has 4 atom stereocenters. The van der Waals surface area contributed by atoms with Gasteiger partial charge in [-0.3, -0.25) is 9.59 Å². The van der Waals surface area contributed by atoms with Crippen LogP contribution in [0.3, 0.4) is 0 Å². The van der Waals surface area contributed by atoms with Crippen molar-refractivity contribution in [1.82, 2.24) is 24.5 Å². The fourth-order valence-corrected chi connectivity index (χ4v) is 5.27. The van der Waals surface area contributed by atoms with Crippen molar-refractivity contribution >= 4 is 40.5 Å². The summed E-state index contributed by atoms with van der Waals surface area (Å²) in [5, 5.41) is 14.0. The van der Waals surface area contributed by atoms with Gasteiger partial charge in [-0.15, -0.1) is 0 Å². The largest absolute Gasteiger partial charge is 0.381 e. The SMILES string of the molecule is CNc1cc(Nc2cc(Cl)cn([C@H]3CCCOC3)c2=O)nc2c(C(=O)NC3[C@H]4COC[C@@H]34)cnn12. The van der Waals surface area contributed by atoms with Crippen LogP contribution in [-0.2, 0) is 9.47 Å². The van der Waals surface area contributed by atoms with Crippen LogP contribution >= 0.6 is 11.6 Å². The van der Waals surface area contributed by atoms with Gasteiger partial charge in [0.05, 0.1) is 37.1 Å². The molecule has 5 heterocycles. The van der Waals surface area contributed by atoms with E-state index in [1.807, 2.05) is 0 Å². The molecule has 12 heteroatoms. The van der Waals surface area contributed by atoms with E-state index in [0.717, 1.165) is 12.8 Å². The van der Waals surface area contributed by atoms with Crippen molar-refractivity contribution in [2.24, 2.45) is 11.8 Å². The molecule has 3 N–H and O–H groups in total. The average molecular weight is 500 g/mol. The average Bonchev–Trinajstić information content (AvgIpc) is 3.22. The summed E-state index contributed by atoms with van der Waals surface area (Å²) in [6.07, 6.45) is 4.88. The number of ether oxygens (including phenoxy) is 2. The lowest BCUT2D eigenvalue weighted by molar-refractivity contribution is 0.0581. The molecule has 35 heavy (non-hydrogen) atoms. The molecule has 0 radical (unpaired) electrons. The minimum atomic E-state index is -0.228. The van der Waals surface area contributed by atoms with Crippen molar-refractivity contribution in [3.63, 3.8) is 0 Å². The van der Waals surface area contributed by atoms with Gasteiger partial charge >= 0.3 is 0 Å². The maximum absolute atomic E-state index is 13.2. The molecule has 1 aliphatic carbocycles. The summed E-state index contributed by atoms with van der Waals surface area (Å²) in [4.78, 5) is 30.9. The van der Waals surface area contributed by atoms with Crippen molar-refractivity contribution in [3.05, 3.63) is 45.5 Å². The van der Waals surface area contributed by atoms with Gasteiger partial charge in [-0.2, -0.15) is 9.61 Å². The normalized spacial score (nSPS) is 25.3. The van der Waals surface area contributed by atoms with Crippen LogP contribution in [0.4, 0.5) is 17.3 Å². The molecule has 0 bridgehead atoms. The monoisotopic (exact) mass is 499 g/mol. The number of halogens is 1. The van der Waals surface area contributed by atoms with Crippen molar-refractivity contribution in [2.45, 2.75) is 24.9 Å². The lowest BCUT2D eigenvalue weighted by Gasteiger charge is -2.25. The van der Waals surface area contributed by atoms with Gasteiger partial charge in [0.2, 0.25) is 0 Å². The molecule has 184 valence electrons. The van der Waals surface area contributed by atoms with E-state index in [4.69, 9.17) is 21.1 Å². The van der Waals surface area contributed by atoms with E-state index >= 15 is 0 Å². The molecular formula is C23H26ClN7O4. The molecule has 0 spiro atoms. The Morgan fingerprint density at radius 2 is 2.03 bits per heavy atom. The van der Waals surface area contributed by atoms with E-state index < -0.39 is 0 Å². The number of nitrogens with zero attached hydrogens (tertiary/aromatic N) is 4. The molecule has 3 aromatic heterocycles. The van der Waals surface area contributed by atoms with E-state index in [1.54, 1.807) is 34.5 Å². The zero-order chi connectivity index (χ0) is 24.1. The number of carbonyl (C=O) groups is 1. The summed E-state index contributed by atoms with van der Waals surface area (Å²) in [6, 6.07) is 3.35. The number of hydrogen-bond donors (Lipinski definition) is 3. The Morgan fingerprint density at radius 3 is 2.77 bits per heavy atom. The van der Waals surface area contributed by atoms with Gasteiger partial charge in [-0.25, -0.2) is 4.98 Å². The molecule has 1 saturated carbocycles. The number of nitrogens with one attached hydrogen (secondary N) is 3. The number of pyridine rings is 1. The van der Waals surface area contributed by atoms with Crippen molar-refractivity contribution < 1.29 is 14.3 Å². The fourth-order valence-electron chi connectivity index (χ4n) is 5.06. The van der Waals surface area contributed by atoms with Crippen molar-refractivity contribution in [3.8, 4) is 0 Å². The number of rotatable bonds is 6. The molecule has 1 unspecified atom stereocenters. The summed E-state index contributed by atoms with van der Waals surface area (Å²) in [5.41, 5.74) is 0.811. The molecule has 3 fully saturated rings. The van der Waals surface area contributed by atoms with Crippen LogP contribution < -0.4 is 21.5 Å². The van der Waals surface area contributed by atoms with Crippen LogP contribution in [0.25, 0.3) is 5.65 Å². The first-order valence-electron chi connectivity index (χ1n) is 11.7. The fraction of sp³-hybridized carbons (Fsp3) is 0.478. The number of anilines is 3. The molecule has 0 aromatic carbocycles. The standard InChI is InChI=1S/C23H26ClN7O4/c1-25-19-6-18(27-17-5-12(24)8-30(23(17)33)13-3-2-4-34-9-13)28-21-14(7-26-31(19)21)22(32)29-20-15-10-35-11-16(15)20/h5-8,13,15-16,20,25H,2-4,9-11H2,1H3,(H,27,28)(H,29,32)/t13-,15-,16+,20?/m0/s1. The molecule has 3 aliphatic rings. The second-order valence-corrected chi connectivity index (χ2v) is 9.65. The second-order valence-electron chi connectivity index (χ2n) is 9.22. The Kier molecular flexibility index (Phi) is 5.62. The number of carbonyl (C=O) groups excluding carboxylic acids is 1. The van der Waals surface area contributed by atoms with Crippen LogP contribution in [0, 0.1) is 11.8 Å². The highest BCUT2D eigenvalue weighted by atomic mass is 35.5. The molecule has 1 amide bonds. The predicted molar refractivity (Wildman–Crippen MR) is 130 cm³/mol. The Hall–Kier alpha value is -3.15. The topological polar surface area (TPSA) is 124 Å². The summed E-state index contributed by atoms with van der Waals surface area (Å²) >= 11 is 6.36. The quantitative estimate of drug-likeness (QED) is 0.471. The maximum Gasteiger partial charge on any atom is 0.274 e. The van der Waals surface area contributed by atoms with Gasteiger partial charge in [0.25, 0.3) is 11.5 Å². The third-order valence-electron chi connectivity index (χ3n) is 7.02. The molecule has 6 rings (SSSR count). The Bertz CT molecular complexity index is 1340. The first-order chi connectivity index (χ1) is 17.0. The number of fused-ring (bicyclic) bond motifs is 2. The van der Waals surface area contributed by atoms with E-state index in [1.165, 1.54) is 6.20 Å². The van der Waals surface area contributed by atoms with Crippen LogP contribution in [0.1, 0.15) is 29.2 Å². The number of aromatic nitrogens is 4. The first kappa shape index (κ1) is 22.3. The molecule has 2 aliphatic heterocycles. The molecule has 2 saturated heterocycles. The molecular weight excluding hydrogens is 474 g/mol. The zero-order valence-electron chi connectivity index (χ0n) is 19.2. The summed E-state index contributed by atoms with van der Waals surface area (Å²) in [5.74, 6) is 1.54. The number of amides is 1. The van der Waals surface area contributed by atoms with Crippen molar-refractivity contribution in [1.29, 1.82) is 0 Å². The lowest BCUT2D eigenvalue weighted by Crippen LogP contribution is -2.31. The smallest absolute Gasteiger partial charge is 0.274 e. The van der Waals surface area contributed by atoms with Gasteiger partial charge in [-0.1, -0.05) is 11.6 Å². The van der Waals surface area contributed by atoms with Crippen LogP contribution in [0.2, 0.25) is 5.02 Å². The highest BCUT2D eigenvalue weighted by molar-refractivity contribution is 6.30. The summed E-state index contributed by atoms with van der Waals surface area (Å²) in [7, 11) is 1.75. The van der Waals surface area contributed by atoms with Crippen LogP contribution in [0.5, 0.6) is 0 Å². The van der Waals surface area contributed by atoms with E-state index in [0.29, 0.717) is 71.8 Å². The van der Waals surface area contributed by atoms with Gasteiger partial charge in [0, 0.05) is 43.8 Å².